The lowest BCUT2D eigenvalue weighted by molar-refractivity contribution is 0.355. The number of benzene rings is 1. The van der Waals surface area contributed by atoms with Crippen LogP contribution in [0.25, 0.3) is 0 Å². The zero-order chi connectivity index (χ0) is 14.1. The van der Waals surface area contributed by atoms with Gasteiger partial charge in [-0.2, -0.15) is 0 Å². The molecule has 1 aliphatic heterocycles. The van der Waals surface area contributed by atoms with E-state index in [-0.39, 0.29) is 0 Å². The highest BCUT2D eigenvalue weighted by molar-refractivity contribution is 5.73. The Labute approximate surface area is 116 Å². The van der Waals surface area contributed by atoms with Crippen molar-refractivity contribution in [1.29, 1.82) is 0 Å². The normalized spacial score (nSPS) is 14.0. The summed E-state index contributed by atoms with van der Waals surface area (Å²) in [6.45, 7) is 2.38. The molecule has 7 heteroatoms. The van der Waals surface area contributed by atoms with Crippen molar-refractivity contribution in [2.24, 2.45) is 0 Å². The van der Waals surface area contributed by atoms with Gasteiger partial charge in [0, 0.05) is 25.2 Å². The summed E-state index contributed by atoms with van der Waals surface area (Å²) in [6.07, 6.45) is 1.75. The van der Waals surface area contributed by atoms with E-state index in [4.69, 9.17) is 15.2 Å². The fraction of sp³-hybridized carbons (Fsp3) is 0.385. The number of anilines is 2. The molecule has 0 radical (unpaired) electrons. The van der Waals surface area contributed by atoms with Crippen molar-refractivity contribution in [3.8, 4) is 11.5 Å². The van der Waals surface area contributed by atoms with Crippen LogP contribution in [-0.4, -0.2) is 35.5 Å². The van der Waals surface area contributed by atoms with E-state index < -0.39 is 0 Å². The fourth-order valence-corrected chi connectivity index (χ4v) is 2.43. The summed E-state index contributed by atoms with van der Waals surface area (Å²) in [4.78, 5) is 2.17. The molecule has 0 spiro atoms. The molecule has 0 atom stereocenters. The number of aromatic nitrogens is 3. The Morgan fingerprint density at radius 1 is 1.15 bits per heavy atom. The zero-order valence-electron chi connectivity index (χ0n) is 11.5. The number of ether oxygens (including phenoxy) is 2. The fourth-order valence-electron chi connectivity index (χ4n) is 2.43. The zero-order valence-corrected chi connectivity index (χ0v) is 11.5. The molecular formula is C13H17N5O2. The van der Waals surface area contributed by atoms with Gasteiger partial charge >= 0.3 is 0 Å². The molecule has 20 heavy (non-hydrogen) atoms. The van der Waals surface area contributed by atoms with E-state index in [2.05, 4.69) is 15.1 Å². The van der Waals surface area contributed by atoms with Crippen molar-refractivity contribution >= 4 is 11.4 Å². The maximum absolute atomic E-state index is 6.13. The molecule has 0 bridgehead atoms. The van der Waals surface area contributed by atoms with Crippen molar-refractivity contribution in [1.82, 2.24) is 14.8 Å². The standard InChI is InChI=1S/C13H17N5O2/c1-19-11-5-9(14)10(6-12(11)20-2)17-3-4-18-8-15-16-13(18)7-17/h5-6,8H,3-4,7,14H2,1-2H3. The van der Waals surface area contributed by atoms with Gasteiger partial charge in [-0.25, -0.2) is 0 Å². The van der Waals surface area contributed by atoms with Crippen LogP contribution in [0.15, 0.2) is 18.5 Å². The summed E-state index contributed by atoms with van der Waals surface area (Å²) >= 11 is 0. The van der Waals surface area contributed by atoms with Gasteiger partial charge in [-0.05, 0) is 0 Å². The maximum Gasteiger partial charge on any atom is 0.162 e. The van der Waals surface area contributed by atoms with Crippen LogP contribution < -0.4 is 20.1 Å². The van der Waals surface area contributed by atoms with Crippen LogP contribution in [0.4, 0.5) is 11.4 Å². The van der Waals surface area contributed by atoms with E-state index in [0.29, 0.717) is 23.7 Å². The van der Waals surface area contributed by atoms with Crippen molar-refractivity contribution in [2.75, 3.05) is 31.4 Å². The van der Waals surface area contributed by atoms with E-state index in [1.807, 2.05) is 10.6 Å². The van der Waals surface area contributed by atoms with E-state index in [1.54, 1.807) is 26.6 Å². The molecule has 0 fully saturated rings. The second-order valence-corrected chi connectivity index (χ2v) is 4.63. The number of methoxy groups -OCH3 is 2. The van der Waals surface area contributed by atoms with Crippen LogP contribution in [0, 0.1) is 0 Å². The van der Waals surface area contributed by atoms with Crippen LogP contribution in [0.2, 0.25) is 0 Å². The third-order valence-electron chi connectivity index (χ3n) is 3.51. The molecule has 2 heterocycles. The smallest absolute Gasteiger partial charge is 0.162 e. The molecule has 2 aromatic rings. The lowest BCUT2D eigenvalue weighted by Crippen LogP contribution is -2.34. The van der Waals surface area contributed by atoms with Crippen LogP contribution >= 0.6 is 0 Å². The van der Waals surface area contributed by atoms with Gasteiger partial charge in [-0.3, -0.25) is 0 Å². The average Bonchev–Trinajstić information content (AvgIpc) is 2.94. The second-order valence-electron chi connectivity index (χ2n) is 4.63. The molecule has 106 valence electrons. The Kier molecular flexibility index (Phi) is 3.09. The van der Waals surface area contributed by atoms with E-state index in [0.717, 1.165) is 24.6 Å². The average molecular weight is 275 g/mol. The molecule has 1 aromatic heterocycles. The van der Waals surface area contributed by atoms with Gasteiger partial charge in [0.05, 0.1) is 32.1 Å². The predicted molar refractivity (Wildman–Crippen MR) is 75.0 cm³/mol. The molecule has 7 nitrogen and oxygen atoms in total. The highest BCUT2D eigenvalue weighted by Crippen LogP contribution is 2.37. The number of nitrogens with two attached hydrogens (primary N) is 1. The summed E-state index contributed by atoms with van der Waals surface area (Å²) in [5.41, 5.74) is 7.72. The molecule has 1 aliphatic rings. The third kappa shape index (κ3) is 2.01. The first-order valence-electron chi connectivity index (χ1n) is 6.36. The second kappa shape index (κ2) is 4.92. The molecule has 0 amide bonds. The van der Waals surface area contributed by atoms with Crippen LogP contribution in [0.1, 0.15) is 5.82 Å². The molecule has 0 aliphatic carbocycles. The Bertz CT molecular complexity index is 625. The van der Waals surface area contributed by atoms with Crippen molar-refractivity contribution in [3.05, 3.63) is 24.3 Å². The molecular weight excluding hydrogens is 258 g/mol. The molecule has 2 N–H and O–H groups in total. The van der Waals surface area contributed by atoms with Crippen molar-refractivity contribution in [3.63, 3.8) is 0 Å². The summed E-state index contributed by atoms with van der Waals surface area (Å²) < 4.78 is 12.6. The molecule has 3 rings (SSSR count). The Morgan fingerprint density at radius 2 is 1.90 bits per heavy atom. The summed E-state index contributed by atoms with van der Waals surface area (Å²) in [5, 5.41) is 8.04. The van der Waals surface area contributed by atoms with Crippen LogP contribution in [0.5, 0.6) is 11.5 Å². The van der Waals surface area contributed by atoms with Gasteiger partial charge in [-0.15, -0.1) is 10.2 Å². The number of hydrogen-bond acceptors (Lipinski definition) is 6. The van der Waals surface area contributed by atoms with Gasteiger partial charge in [0.25, 0.3) is 0 Å². The minimum atomic E-state index is 0.633. The summed E-state index contributed by atoms with van der Waals surface area (Å²) in [5.74, 6) is 2.24. The Balaban J connectivity index is 1.95. The maximum atomic E-state index is 6.13. The predicted octanol–water partition coefficient (Wildman–Crippen LogP) is 0.898. The number of nitrogens with zero attached hydrogens (tertiary/aromatic N) is 4. The monoisotopic (exact) mass is 275 g/mol. The summed E-state index contributed by atoms with van der Waals surface area (Å²) in [6, 6.07) is 3.69. The molecule has 0 saturated carbocycles. The van der Waals surface area contributed by atoms with Gasteiger partial charge < -0.3 is 24.7 Å². The molecule has 0 saturated heterocycles. The van der Waals surface area contributed by atoms with Crippen LogP contribution in [0.3, 0.4) is 0 Å². The summed E-state index contributed by atoms with van der Waals surface area (Å²) in [7, 11) is 3.21. The quantitative estimate of drug-likeness (QED) is 0.838. The number of fused-ring (bicyclic) bond motifs is 1. The first-order valence-corrected chi connectivity index (χ1v) is 6.36. The van der Waals surface area contributed by atoms with Gasteiger partial charge in [-0.1, -0.05) is 0 Å². The van der Waals surface area contributed by atoms with Gasteiger partial charge in [0.2, 0.25) is 0 Å². The van der Waals surface area contributed by atoms with E-state index >= 15 is 0 Å². The number of rotatable bonds is 3. The minimum absolute atomic E-state index is 0.633. The molecule has 0 unspecified atom stereocenters. The Hall–Kier alpha value is -2.44. The van der Waals surface area contributed by atoms with Crippen molar-refractivity contribution < 1.29 is 9.47 Å². The number of nitrogen functional groups attached to an aromatic ring is 1. The highest BCUT2D eigenvalue weighted by Gasteiger charge is 2.21. The lowest BCUT2D eigenvalue weighted by Gasteiger charge is -2.30. The largest absolute Gasteiger partial charge is 0.493 e. The van der Waals surface area contributed by atoms with Crippen LogP contribution in [-0.2, 0) is 13.1 Å². The van der Waals surface area contributed by atoms with E-state index in [9.17, 15) is 0 Å². The van der Waals surface area contributed by atoms with E-state index in [1.165, 1.54) is 0 Å². The SMILES string of the molecule is COc1cc(N)c(N2CCn3cnnc3C2)cc1OC. The first kappa shape index (κ1) is 12.6. The number of hydrogen-bond donors (Lipinski definition) is 1. The minimum Gasteiger partial charge on any atom is -0.493 e. The molecule has 1 aromatic carbocycles. The van der Waals surface area contributed by atoms with Crippen molar-refractivity contribution in [2.45, 2.75) is 13.1 Å². The first-order chi connectivity index (χ1) is 9.72. The lowest BCUT2D eigenvalue weighted by atomic mass is 10.2. The highest BCUT2D eigenvalue weighted by atomic mass is 16.5. The van der Waals surface area contributed by atoms with Gasteiger partial charge in [0.1, 0.15) is 6.33 Å². The topological polar surface area (TPSA) is 78.4 Å². The Morgan fingerprint density at radius 3 is 2.65 bits per heavy atom. The van der Waals surface area contributed by atoms with Gasteiger partial charge in [0.15, 0.2) is 17.3 Å². The third-order valence-corrected chi connectivity index (χ3v) is 3.51.